The van der Waals surface area contributed by atoms with E-state index in [4.69, 9.17) is 20.9 Å². The van der Waals surface area contributed by atoms with Crippen molar-refractivity contribution in [3.05, 3.63) is 83.9 Å². The van der Waals surface area contributed by atoms with Crippen molar-refractivity contribution in [2.75, 3.05) is 11.5 Å². The van der Waals surface area contributed by atoms with Gasteiger partial charge in [-0.3, -0.25) is 0 Å². The topological polar surface area (TPSA) is 70.5 Å². The van der Waals surface area contributed by atoms with Crippen molar-refractivity contribution in [3.63, 3.8) is 0 Å². The van der Waals surface area contributed by atoms with Crippen LogP contribution < -0.4 is 20.9 Å². The molecule has 0 aliphatic carbocycles. The summed E-state index contributed by atoms with van der Waals surface area (Å²) >= 11 is 0. The first-order chi connectivity index (χ1) is 11.2. The Morgan fingerprint density at radius 1 is 0.609 bits per heavy atom. The molecule has 0 spiro atoms. The molecule has 23 heavy (non-hydrogen) atoms. The Labute approximate surface area is 134 Å². The Bertz CT molecular complexity index is 776. The van der Waals surface area contributed by atoms with Gasteiger partial charge < -0.3 is 20.9 Å². The monoisotopic (exact) mass is 304 g/mol. The molecule has 0 radical (unpaired) electrons. The molecule has 4 N–H and O–H groups in total. The van der Waals surface area contributed by atoms with Crippen LogP contribution in [0.5, 0.6) is 11.5 Å². The van der Waals surface area contributed by atoms with Crippen molar-refractivity contribution in [3.8, 4) is 11.5 Å². The van der Waals surface area contributed by atoms with E-state index < -0.39 is 5.79 Å². The zero-order valence-electron chi connectivity index (χ0n) is 12.4. The molecule has 4 heteroatoms. The molecule has 1 aliphatic heterocycles. The highest BCUT2D eigenvalue weighted by molar-refractivity contribution is 5.70. The minimum Gasteiger partial charge on any atom is -0.440 e. The molecule has 3 aromatic rings. The van der Waals surface area contributed by atoms with Crippen LogP contribution in [0.25, 0.3) is 0 Å². The summed E-state index contributed by atoms with van der Waals surface area (Å²) in [5, 5.41) is 0. The Morgan fingerprint density at radius 3 is 1.39 bits per heavy atom. The van der Waals surface area contributed by atoms with E-state index in [2.05, 4.69) is 0 Å². The van der Waals surface area contributed by atoms with Gasteiger partial charge in [0.25, 0.3) is 0 Å². The van der Waals surface area contributed by atoms with Crippen molar-refractivity contribution in [2.45, 2.75) is 5.79 Å². The smallest absolute Gasteiger partial charge is 0.305 e. The lowest BCUT2D eigenvalue weighted by molar-refractivity contribution is -0.0458. The number of fused-ring (bicyclic) bond motifs is 1. The van der Waals surface area contributed by atoms with Gasteiger partial charge in [-0.1, -0.05) is 60.7 Å². The second-order valence-electron chi connectivity index (χ2n) is 5.48. The molecule has 4 rings (SSSR count). The predicted octanol–water partition coefficient (Wildman–Crippen LogP) is 3.52. The van der Waals surface area contributed by atoms with E-state index in [1.165, 1.54) is 0 Å². The zero-order chi connectivity index (χ0) is 15.9. The first-order valence-corrected chi connectivity index (χ1v) is 7.37. The molecule has 1 aliphatic rings. The lowest BCUT2D eigenvalue weighted by Crippen LogP contribution is -2.36. The fourth-order valence-electron chi connectivity index (χ4n) is 2.80. The second-order valence-corrected chi connectivity index (χ2v) is 5.48. The van der Waals surface area contributed by atoms with Gasteiger partial charge in [0, 0.05) is 23.3 Å². The van der Waals surface area contributed by atoms with E-state index in [9.17, 15) is 0 Å². The Kier molecular flexibility index (Phi) is 2.91. The number of hydrogen-bond acceptors (Lipinski definition) is 4. The summed E-state index contributed by atoms with van der Waals surface area (Å²) in [5.41, 5.74) is 14.6. The van der Waals surface area contributed by atoms with Gasteiger partial charge in [-0.05, 0) is 0 Å². The highest BCUT2D eigenvalue weighted by Crippen LogP contribution is 2.49. The van der Waals surface area contributed by atoms with Crippen molar-refractivity contribution < 1.29 is 9.47 Å². The van der Waals surface area contributed by atoms with E-state index >= 15 is 0 Å². The first kappa shape index (κ1) is 13.5. The zero-order valence-corrected chi connectivity index (χ0v) is 12.4. The maximum Gasteiger partial charge on any atom is 0.305 e. The van der Waals surface area contributed by atoms with Gasteiger partial charge >= 0.3 is 5.79 Å². The van der Waals surface area contributed by atoms with Gasteiger partial charge in [-0.2, -0.15) is 0 Å². The highest BCUT2D eigenvalue weighted by Gasteiger charge is 2.45. The normalized spacial score (nSPS) is 14.6. The molecule has 0 saturated carbocycles. The van der Waals surface area contributed by atoms with Crippen LogP contribution in [0.15, 0.2) is 72.8 Å². The number of hydrogen-bond donors (Lipinski definition) is 2. The number of nitrogen functional groups attached to an aromatic ring is 2. The average Bonchev–Trinajstić information content (AvgIpc) is 2.96. The van der Waals surface area contributed by atoms with Crippen molar-refractivity contribution in [1.29, 1.82) is 0 Å². The fourth-order valence-corrected chi connectivity index (χ4v) is 2.80. The predicted molar refractivity (Wildman–Crippen MR) is 90.2 cm³/mol. The molecule has 0 atom stereocenters. The van der Waals surface area contributed by atoms with Gasteiger partial charge in [0.05, 0.1) is 11.4 Å². The van der Waals surface area contributed by atoms with Crippen LogP contribution in [-0.4, -0.2) is 0 Å². The third-order valence-corrected chi connectivity index (χ3v) is 3.96. The summed E-state index contributed by atoms with van der Waals surface area (Å²) in [6.07, 6.45) is 0. The van der Waals surface area contributed by atoms with Crippen LogP contribution in [0.2, 0.25) is 0 Å². The summed E-state index contributed by atoms with van der Waals surface area (Å²) in [7, 11) is 0. The van der Waals surface area contributed by atoms with Crippen LogP contribution in [-0.2, 0) is 5.79 Å². The maximum atomic E-state index is 6.24. The highest BCUT2D eigenvalue weighted by atomic mass is 16.7. The molecule has 114 valence electrons. The van der Waals surface area contributed by atoms with Crippen molar-refractivity contribution in [1.82, 2.24) is 0 Å². The first-order valence-electron chi connectivity index (χ1n) is 7.37. The average molecular weight is 304 g/mol. The molecular formula is C19H16N2O2. The molecular weight excluding hydrogens is 288 g/mol. The number of ether oxygens (including phenoxy) is 2. The summed E-state index contributed by atoms with van der Waals surface area (Å²) < 4.78 is 12.5. The van der Waals surface area contributed by atoms with Gasteiger partial charge in [0.15, 0.2) is 11.5 Å². The van der Waals surface area contributed by atoms with Crippen LogP contribution in [0.3, 0.4) is 0 Å². The van der Waals surface area contributed by atoms with Crippen LogP contribution in [0.1, 0.15) is 11.1 Å². The van der Waals surface area contributed by atoms with Crippen LogP contribution in [0.4, 0.5) is 11.4 Å². The van der Waals surface area contributed by atoms with Crippen molar-refractivity contribution in [2.24, 2.45) is 0 Å². The lowest BCUT2D eigenvalue weighted by Gasteiger charge is -2.28. The summed E-state index contributed by atoms with van der Waals surface area (Å²) in [6.45, 7) is 0. The fraction of sp³-hybridized carbons (Fsp3) is 0.0526. The molecule has 0 aromatic heterocycles. The lowest BCUT2D eigenvalue weighted by atomic mass is 9.97. The third-order valence-electron chi connectivity index (χ3n) is 3.96. The number of benzene rings is 3. The molecule has 0 unspecified atom stereocenters. The molecule has 3 aromatic carbocycles. The number of rotatable bonds is 2. The quantitative estimate of drug-likeness (QED) is 0.711. The molecule has 0 bridgehead atoms. The maximum absolute atomic E-state index is 6.24. The van der Waals surface area contributed by atoms with E-state index in [1.54, 1.807) is 12.1 Å². The SMILES string of the molecule is Nc1cc2c(cc1N)OC(c1ccccc1)(c1ccccc1)O2. The number of anilines is 2. The van der Waals surface area contributed by atoms with Gasteiger partial charge in [0.2, 0.25) is 0 Å². The van der Waals surface area contributed by atoms with Crippen LogP contribution in [0, 0.1) is 0 Å². The summed E-state index contributed by atoms with van der Waals surface area (Å²) in [5.74, 6) is 0.138. The number of nitrogens with two attached hydrogens (primary N) is 2. The van der Waals surface area contributed by atoms with E-state index in [0.29, 0.717) is 22.9 Å². The molecule has 0 saturated heterocycles. The van der Waals surface area contributed by atoms with E-state index in [0.717, 1.165) is 11.1 Å². The van der Waals surface area contributed by atoms with Gasteiger partial charge in [-0.15, -0.1) is 0 Å². The third kappa shape index (κ3) is 2.07. The van der Waals surface area contributed by atoms with Gasteiger partial charge in [0.1, 0.15) is 0 Å². The Morgan fingerprint density at radius 2 is 1.00 bits per heavy atom. The second kappa shape index (κ2) is 4.95. The Balaban J connectivity index is 1.90. The Hall–Kier alpha value is -3.14. The minimum atomic E-state index is -1.04. The molecule has 0 fully saturated rings. The van der Waals surface area contributed by atoms with Crippen LogP contribution >= 0.6 is 0 Å². The molecule has 1 heterocycles. The molecule has 4 nitrogen and oxygen atoms in total. The largest absolute Gasteiger partial charge is 0.440 e. The van der Waals surface area contributed by atoms with Gasteiger partial charge in [-0.25, -0.2) is 0 Å². The minimum absolute atomic E-state index is 0.476. The summed E-state index contributed by atoms with van der Waals surface area (Å²) in [4.78, 5) is 0. The molecule has 0 amide bonds. The van der Waals surface area contributed by atoms with E-state index in [-0.39, 0.29) is 0 Å². The summed E-state index contributed by atoms with van der Waals surface area (Å²) in [6, 6.07) is 23.1. The van der Waals surface area contributed by atoms with Crippen molar-refractivity contribution >= 4 is 11.4 Å². The standard InChI is InChI=1S/C19H16N2O2/c20-15-11-17-18(12-16(15)21)23-19(22-17,13-7-3-1-4-8-13)14-9-5-2-6-10-14/h1-12H,20-21H2. The van der Waals surface area contributed by atoms with E-state index in [1.807, 2.05) is 60.7 Å².